The van der Waals surface area contributed by atoms with Crippen LogP contribution in [0.5, 0.6) is 0 Å². The van der Waals surface area contributed by atoms with Crippen LogP contribution in [0.25, 0.3) is 0 Å². The van der Waals surface area contributed by atoms with Crippen molar-refractivity contribution in [1.29, 1.82) is 0 Å². The van der Waals surface area contributed by atoms with Crippen molar-refractivity contribution in [1.82, 2.24) is 15.0 Å². The molecular weight excluding hydrogens is 190 g/mol. The Hall–Kier alpha value is -2.17. The van der Waals surface area contributed by atoms with E-state index in [2.05, 4.69) is 20.3 Å². The fourth-order valence-electron chi connectivity index (χ4n) is 1.10. The van der Waals surface area contributed by atoms with Crippen molar-refractivity contribution < 1.29 is 0 Å². The Morgan fingerprint density at radius 1 is 1.20 bits per heavy atom. The number of nitrogen functional groups attached to an aromatic ring is 1. The number of hydrogen-bond acceptors (Lipinski definition) is 5. The highest BCUT2D eigenvalue weighted by atomic mass is 15.1. The molecule has 0 aromatic carbocycles. The third-order valence-corrected chi connectivity index (χ3v) is 1.84. The molecule has 0 radical (unpaired) electrons. The summed E-state index contributed by atoms with van der Waals surface area (Å²) in [7, 11) is 0. The van der Waals surface area contributed by atoms with E-state index >= 15 is 0 Å². The van der Waals surface area contributed by atoms with Gasteiger partial charge in [0.25, 0.3) is 0 Å². The van der Waals surface area contributed by atoms with Crippen LogP contribution < -0.4 is 11.1 Å². The first-order chi connectivity index (χ1) is 7.24. The SMILES string of the molecule is Cc1ccc(Nc2nccc(N)n2)cn1. The van der Waals surface area contributed by atoms with E-state index in [4.69, 9.17) is 5.73 Å². The van der Waals surface area contributed by atoms with E-state index in [-0.39, 0.29) is 0 Å². The van der Waals surface area contributed by atoms with Crippen molar-refractivity contribution in [2.24, 2.45) is 0 Å². The van der Waals surface area contributed by atoms with Gasteiger partial charge in [0, 0.05) is 11.9 Å². The predicted octanol–water partition coefficient (Wildman–Crippen LogP) is 1.51. The Morgan fingerprint density at radius 2 is 2.07 bits per heavy atom. The first-order valence-corrected chi connectivity index (χ1v) is 4.52. The van der Waals surface area contributed by atoms with Gasteiger partial charge in [-0.2, -0.15) is 4.98 Å². The van der Waals surface area contributed by atoms with Gasteiger partial charge < -0.3 is 11.1 Å². The van der Waals surface area contributed by atoms with Crippen LogP contribution in [0.3, 0.4) is 0 Å². The maximum atomic E-state index is 5.53. The quantitative estimate of drug-likeness (QED) is 0.770. The summed E-state index contributed by atoms with van der Waals surface area (Å²) in [6, 6.07) is 5.46. The van der Waals surface area contributed by atoms with E-state index in [1.54, 1.807) is 18.5 Å². The molecule has 2 aromatic rings. The highest BCUT2D eigenvalue weighted by molar-refractivity contribution is 5.52. The van der Waals surface area contributed by atoms with Crippen molar-refractivity contribution in [3.05, 3.63) is 36.3 Å². The van der Waals surface area contributed by atoms with Crippen molar-refractivity contribution in [2.75, 3.05) is 11.1 Å². The van der Waals surface area contributed by atoms with Gasteiger partial charge in [-0.25, -0.2) is 4.98 Å². The molecule has 0 fully saturated rings. The van der Waals surface area contributed by atoms with E-state index in [1.807, 2.05) is 19.1 Å². The Kier molecular flexibility index (Phi) is 2.45. The van der Waals surface area contributed by atoms with Crippen LogP contribution in [-0.4, -0.2) is 15.0 Å². The molecule has 0 unspecified atom stereocenters. The van der Waals surface area contributed by atoms with Gasteiger partial charge in [0.15, 0.2) is 0 Å². The maximum absolute atomic E-state index is 5.53. The maximum Gasteiger partial charge on any atom is 0.229 e. The predicted molar refractivity (Wildman–Crippen MR) is 58.7 cm³/mol. The molecule has 0 spiro atoms. The molecule has 0 aliphatic heterocycles. The van der Waals surface area contributed by atoms with Gasteiger partial charge in [-0.1, -0.05) is 0 Å². The minimum atomic E-state index is 0.438. The van der Waals surface area contributed by atoms with Gasteiger partial charge in [-0.3, -0.25) is 4.98 Å². The molecule has 0 saturated heterocycles. The first kappa shape index (κ1) is 9.39. The van der Waals surface area contributed by atoms with Crippen LogP contribution in [0, 0.1) is 6.92 Å². The zero-order chi connectivity index (χ0) is 10.7. The minimum Gasteiger partial charge on any atom is -0.384 e. The van der Waals surface area contributed by atoms with E-state index in [9.17, 15) is 0 Å². The molecule has 0 aliphatic carbocycles. The molecule has 0 atom stereocenters. The van der Waals surface area contributed by atoms with Gasteiger partial charge in [0.2, 0.25) is 5.95 Å². The summed E-state index contributed by atoms with van der Waals surface area (Å²) >= 11 is 0. The molecule has 2 aromatic heterocycles. The van der Waals surface area contributed by atoms with Gasteiger partial charge in [0.05, 0.1) is 11.9 Å². The van der Waals surface area contributed by atoms with Crippen molar-refractivity contribution in [2.45, 2.75) is 6.92 Å². The Labute approximate surface area is 87.4 Å². The van der Waals surface area contributed by atoms with Crippen molar-refractivity contribution in [3.8, 4) is 0 Å². The Morgan fingerprint density at radius 3 is 2.73 bits per heavy atom. The average Bonchev–Trinajstić information content (AvgIpc) is 2.22. The topological polar surface area (TPSA) is 76.7 Å². The largest absolute Gasteiger partial charge is 0.384 e. The summed E-state index contributed by atoms with van der Waals surface area (Å²) in [4.78, 5) is 12.2. The third kappa shape index (κ3) is 2.40. The second kappa shape index (κ2) is 3.91. The van der Waals surface area contributed by atoms with Gasteiger partial charge >= 0.3 is 0 Å². The zero-order valence-electron chi connectivity index (χ0n) is 8.31. The standard InChI is InChI=1S/C10H11N5/c1-7-2-3-8(6-13-7)14-10-12-5-4-9(11)15-10/h2-6H,1H3,(H3,11,12,14,15). The van der Waals surface area contributed by atoms with Crippen LogP contribution >= 0.6 is 0 Å². The third-order valence-electron chi connectivity index (χ3n) is 1.84. The number of pyridine rings is 1. The fourth-order valence-corrected chi connectivity index (χ4v) is 1.10. The summed E-state index contributed by atoms with van der Waals surface area (Å²) in [5.41, 5.74) is 7.34. The lowest BCUT2D eigenvalue weighted by atomic mass is 10.3. The normalized spacial score (nSPS) is 9.93. The molecule has 15 heavy (non-hydrogen) atoms. The molecule has 3 N–H and O–H groups in total. The van der Waals surface area contributed by atoms with Crippen molar-refractivity contribution in [3.63, 3.8) is 0 Å². The second-order valence-electron chi connectivity index (χ2n) is 3.12. The van der Waals surface area contributed by atoms with Gasteiger partial charge in [-0.05, 0) is 25.1 Å². The second-order valence-corrected chi connectivity index (χ2v) is 3.12. The number of aryl methyl sites for hydroxylation is 1. The van der Waals surface area contributed by atoms with Gasteiger partial charge in [-0.15, -0.1) is 0 Å². The fraction of sp³-hybridized carbons (Fsp3) is 0.100. The lowest BCUT2D eigenvalue weighted by molar-refractivity contribution is 1.15. The number of nitrogens with one attached hydrogen (secondary N) is 1. The molecule has 0 amide bonds. The number of nitrogens with two attached hydrogens (primary N) is 1. The van der Waals surface area contributed by atoms with Crippen LogP contribution in [-0.2, 0) is 0 Å². The van der Waals surface area contributed by atoms with Gasteiger partial charge in [0.1, 0.15) is 5.82 Å². The van der Waals surface area contributed by atoms with Crippen LogP contribution in [0.1, 0.15) is 5.69 Å². The molecule has 0 bridgehead atoms. The number of rotatable bonds is 2. The number of anilines is 3. The zero-order valence-corrected chi connectivity index (χ0v) is 8.31. The van der Waals surface area contributed by atoms with E-state index in [0.29, 0.717) is 11.8 Å². The number of nitrogens with zero attached hydrogens (tertiary/aromatic N) is 3. The lowest BCUT2D eigenvalue weighted by Gasteiger charge is -2.04. The minimum absolute atomic E-state index is 0.438. The lowest BCUT2D eigenvalue weighted by Crippen LogP contribution is -1.99. The number of aromatic nitrogens is 3. The van der Waals surface area contributed by atoms with E-state index in [1.165, 1.54) is 0 Å². The van der Waals surface area contributed by atoms with E-state index < -0.39 is 0 Å². The molecule has 2 rings (SSSR count). The van der Waals surface area contributed by atoms with Crippen LogP contribution in [0.4, 0.5) is 17.5 Å². The first-order valence-electron chi connectivity index (χ1n) is 4.52. The molecule has 5 nitrogen and oxygen atoms in total. The summed E-state index contributed by atoms with van der Waals surface area (Å²) in [6.45, 7) is 1.93. The summed E-state index contributed by atoms with van der Waals surface area (Å²) < 4.78 is 0. The van der Waals surface area contributed by atoms with Crippen molar-refractivity contribution >= 4 is 17.5 Å². The monoisotopic (exact) mass is 201 g/mol. The summed E-state index contributed by atoms with van der Waals surface area (Å²) in [5.74, 6) is 0.910. The molecule has 5 heteroatoms. The smallest absolute Gasteiger partial charge is 0.229 e. The highest BCUT2D eigenvalue weighted by Crippen LogP contribution is 2.11. The number of hydrogen-bond donors (Lipinski definition) is 2. The molecule has 0 saturated carbocycles. The summed E-state index contributed by atoms with van der Waals surface area (Å²) in [5, 5.41) is 3.01. The summed E-state index contributed by atoms with van der Waals surface area (Å²) in [6.07, 6.45) is 3.33. The molecule has 2 heterocycles. The van der Waals surface area contributed by atoms with Crippen LogP contribution in [0.2, 0.25) is 0 Å². The molecule has 76 valence electrons. The average molecular weight is 201 g/mol. The van der Waals surface area contributed by atoms with Crippen LogP contribution in [0.15, 0.2) is 30.6 Å². The molecular formula is C10H11N5. The Bertz CT molecular complexity index is 452. The molecule has 0 aliphatic rings. The Balaban J connectivity index is 2.18. The van der Waals surface area contributed by atoms with E-state index in [0.717, 1.165) is 11.4 Å². The highest BCUT2D eigenvalue weighted by Gasteiger charge is 1.97.